The number of aryl methyl sites for hydroxylation is 2. The lowest BCUT2D eigenvalue weighted by Crippen LogP contribution is -2.31. The number of methoxy groups -OCH3 is 1. The molecular weight excluding hydrogens is 459 g/mol. The van der Waals surface area contributed by atoms with E-state index in [2.05, 4.69) is 4.98 Å². The summed E-state index contributed by atoms with van der Waals surface area (Å²) >= 11 is 1.22. The maximum absolute atomic E-state index is 13.7. The van der Waals surface area contributed by atoms with Gasteiger partial charge in [-0.1, -0.05) is 23.5 Å². The number of carbonyl (C=O) groups is 2. The van der Waals surface area contributed by atoms with E-state index >= 15 is 0 Å². The predicted molar refractivity (Wildman–Crippen MR) is 125 cm³/mol. The van der Waals surface area contributed by atoms with Gasteiger partial charge in [-0.05, 0) is 55.8 Å². The van der Waals surface area contributed by atoms with Crippen LogP contribution in [-0.4, -0.2) is 28.9 Å². The first-order chi connectivity index (χ1) is 16.3. The largest absolute Gasteiger partial charge is 0.503 e. The summed E-state index contributed by atoms with van der Waals surface area (Å²) in [4.78, 5) is 32.7. The number of aliphatic hydroxyl groups excluding tert-OH is 1. The summed E-state index contributed by atoms with van der Waals surface area (Å²) in [6.07, 6.45) is 0. The predicted octanol–water partition coefficient (Wildman–Crippen LogP) is 5.44. The van der Waals surface area contributed by atoms with Crippen molar-refractivity contribution in [3.63, 3.8) is 0 Å². The number of hydrogen-bond acceptors (Lipinski definition) is 7. The lowest BCUT2D eigenvalue weighted by Gasteiger charge is -2.24. The van der Waals surface area contributed by atoms with E-state index in [9.17, 15) is 19.1 Å². The van der Waals surface area contributed by atoms with Crippen LogP contribution in [0.3, 0.4) is 0 Å². The molecule has 2 aromatic heterocycles. The molecule has 1 amide bonds. The number of thiazole rings is 1. The lowest BCUT2D eigenvalue weighted by molar-refractivity contribution is -0.117. The van der Waals surface area contributed by atoms with Crippen molar-refractivity contribution in [3.8, 4) is 5.75 Å². The molecule has 0 spiro atoms. The third-order valence-corrected chi connectivity index (χ3v) is 6.73. The third kappa shape index (κ3) is 3.45. The van der Waals surface area contributed by atoms with E-state index in [1.807, 2.05) is 0 Å². The summed E-state index contributed by atoms with van der Waals surface area (Å²) in [5.41, 5.74) is 1.22. The van der Waals surface area contributed by atoms with Crippen LogP contribution in [0, 0.1) is 19.7 Å². The van der Waals surface area contributed by atoms with Crippen LogP contribution in [0.25, 0.3) is 10.2 Å². The first-order valence-electron chi connectivity index (χ1n) is 10.4. The number of rotatable bonds is 5. The number of anilines is 1. The van der Waals surface area contributed by atoms with Gasteiger partial charge >= 0.3 is 0 Å². The molecular formula is C25H19FN2O5S. The molecule has 1 atom stereocenters. The summed E-state index contributed by atoms with van der Waals surface area (Å²) in [7, 11) is 1.55. The molecule has 0 aliphatic carbocycles. The van der Waals surface area contributed by atoms with Gasteiger partial charge in [0.1, 0.15) is 23.1 Å². The number of amides is 1. The minimum Gasteiger partial charge on any atom is -0.503 e. The summed E-state index contributed by atoms with van der Waals surface area (Å²) < 4.78 is 25.2. The number of hydrogen-bond donors (Lipinski definition) is 1. The van der Waals surface area contributed by atoms with Gasteiger partial charge in [0.2, 0.25) is 0 Å². The van der Waals surface area contributed by atoms with Crippen molar-refractivity contribution >= 4 is 38.4 Å². The average Bonchev–Trinajstić information content (AvgIpc) is 3.46. The first kappa shape index (κ1) is 21.8. The van der Waals surface area contributed by atoms with E-state index in [0.29, 0.717) is 28.4 Å². The Balaban J connectivity index is 1.67. The second-order valence-electron chi connectivity index (χ2n) is 7.88. The van der Waals surface area contributed by atoms with E-state index in [1.165, 1.54) is 40.5 Å². The minimum absolute atomic E-state index is 0.114. The Hall–Kier alpha value is -3.98. The molecule has 172 valence electrons. The van der Waals surface area contributed by atoms with Crippen LogP contribution >= 0.6 is 11.3 Å². The van der Waals surface area contributed by atoms with Crippen LogP contribution in [0.1, 0.15) is 33.5 Å². The molecule has 1 unspecified atom stereocenters. The number of Topliss-reactive ketones (excluding diaryl/α,β-unsaturated/α-hetero) is 1. The van der Waals surface area contributed by atoms with E-state index < -0.39 is 29.3 Å². The molecule has 1 aliphatic rings. The monoisotopic (exact) mass is 478 g/mol. The number of nitrogens with zero attached hydrogens (tertiary/aromatic N) is 2. The second-order valence-corrected chi connectivity index (χ2v) is 8.89. The normalized spacial score (nSPS) is 16.1. The highest BCUT2D eigenvalue weighted by molar-refractivity contribution is 7.22. The summed E-state index contributed by atoms with van der Waals surface area (Å²) in [6, 6.07) is 11.3. The Morgan fingerprint density at radius 1 is 1.18 bits per heavy atom. The van der Waals surface area contributed by atoms with Gasteiger partial charge in [-0.3, -0.25) is 14.5 Å². The fraction of sp³-hybridized carbons (Fsp3) is 0.160. The zero-order chi connectivity index (χ0) is 24.1. The molecule has 4 aromatic rings. The van der Waals surface area contributed by atoms with Crippen molar-refractivity contribution in [2.75, 3.05) is 12.0 Å². The van der Waals surface area contributed by atoms with Crippen molar-refractivity contribution in [2.45, 2.75) is 19.9 Å². The SMILES string of the molecule is COc1ccc2nc(N3C(=O)C(O)=C(C(=O)c4cc(C)oc4C)C3c3ccc(F)cc3)sc2c1. The number of halogens is 1. The highest BCUT2D eigenvalue weighted by Gasteiger charge is 2.46. The van der Waals surface area contributed by atoms with Gasteiger partial charge in [-0.25, -0.2) is 9.37 Å². The van der Waals surface area contributed by atoms with Gasteiger partial charge in [-0.2, -0.15) is 0 Å². The number of ketones is 1. The number of ether oxygens (including phenoxy) is 1. The molecule has 5 rings (SSSR count). The van der Waals surface area contributed by atoms with E-state index in [4.69, 9.17) is 9.15 Å². The molecule has 0 saturated carbocycles. The average molecular weight is 479 g/mol. The van der Waals surface area contributed by atoms with Crippen LogP contribution in [0.5, 0.6) is 5.75 Å². The summed E-state index contributed by atoms with van der Waals surface area (Å²) in [5.74, 6) is -0.905. The maximum atomic E-state index is 13.7. The van der Waals surface area contributed by atoms with Crippen molar-refractivity contribution < 1.29 is 28.2 Å². The van der Waals surface area contributed by atoms with Gasteiger partial charge < -0.3 is 14.3 Å². The molecule has 0 saturated heterocycles. The Kier molecular flexibility index (Phi) is 5.21. The Bertz CT molecular complexity index is 1480. The van der Waals surface area contributed by atoms with Crippen LogP contribution in [0.2, 0.25) is 0 Å². The molecule has 7 nitrogen and oxygen atoms in total. The Morgan fingerprint density at radius 3 is 2.56 bits per heavy atom. The van der Waals surface area contributed by atoms with Crippen LogP contribution in [-0.2, 0) is 4.79 Å². The molecule has 2 aromatic carbocycles. The van der Waals surface area contributed by atoms with Gasteiger partial charge in [0.05, 0.1) is 34.5 Å². The molecule has 9 heteroatoms. The smallest absolute Gasteiger partial charge is 0.296 e. The van der Waals surface area contributed by atoms with Crippen LogP contribution < -0.4 is 9.64 Å². The Labute approximate surface area is 197 Å². The van der Waals surface area contributed by atoms with Gasteiger partial charge in [0, 0.05) is 0 Å². The molecule has 0 bridgehead atoms. The van der Waals surface area contributed by atoms with Gasteiger partial charge in [0.15, 0.2) is 16.7 Å². The Morgan fingerprint density at radius 2 is 1.91 bits per heavy atom. The quantitative estimate of drug-likeness (QED) is 0.384. The summed E-state index contributed by atoms with van der Waals surface area (Å²) in [5, 5.41) is 11.2. The highest BCUT2D eigenvalue weighted by Crippen LogP contribution is 2.44. The fourth-order valence-corrected chi connectivity index (χ4v) is 5.14. The number of furan rings is 1. The van der Waals surface area contributed by atoms with E-state index in [1.54, 1.807) is 45.2 Å². The van der Waals surface area contributed by atoms with Crippen molar-refractivity contribution in [3.05, 3.63) is 88.3 Å². The summed E-state index contributed by atoms with van der Waals surface area (Å²) in [6.45, 7) is 3.34. The number of aliphatic hydroxyl groups is 1. The molecule has 3 heterocycles. The van der Waals surface area contributed by atoms with Crippen molar-refractivity contribution in [1.29, 1.82) is 0 Å². The van der Waals surface area contributed by atoms with Crippen LogP contribution in [0.15, 0.2) is 64.3 Å². The van der Waals surface area contributed by atoms with Gasteiger partial charge in [-0.15, -0.1) is 0 Å². The molecule has 1 N–H and O–H groups in total. The molecule has 34 heavy (non-hydrogen) atoms. The van der Waals surface area contributed by atoms with E-state index in [-0.39, 0.29) is 16.3 Å². The number of carbonyl (C=O) groups excluding carboxylic acids is 2. The zero-order valence-corrected chi connectivity index (χ0v) is 19.3. The molecule has 1 aliphatic heterocycles. The topological polar surface area (TPSA) is 92.9 Å². The fourth-order valence-electron chi connectivity index (χ4n) is 4.12. The molecule has 0 fully saturated rings. The molecule has 0 radical (unpaired) electrons. The number of fused-ring (bicyclic) bond motifs is 1. The van der Waals surface area contributed by atoms with Crippen molar-refractivity contribution in [2.24, 2.45) is 0 Å². The maximum Gasteiger partial charge on any atom is 0.296 e. The second kappa shape index (κ2) is 8.11. The number of aromatic nitrogens is 1. The third-order valence-electron chi connectivity index (χ3n) is 5.71. The lowest BCUT2D eigenvalue weighted by atomic mass is 9.93. The van der Waals surface area contributed by atoms with Crippen molar-refractivity contribution in [1.82, 2.24) is 4.98 Å². The minimum atomic E-state index is -1.00. The van der Waals surface area contributed by atoms with E-state index in [0.717, 1.165) is 4.70 Å². The highest BCUT2D eigenvalue weighted by atomic mass is 32.1. The zero-order valence-electron chi connectivity index (χ0n) is 18.5. The van der Waals surface area contributed by atoms with Gasteiger partial charge in [0.25, 0.3) is 5.91 Å². The van der Waals surface area contributed by atoms with Crippen LogP contribution in [0.4, 0.5) is 9.52 Å². The first-order valence-corrected chi connectivity index (χ1v) is 11.2. The number of benzene rings is 2. The standard InChI is InChI=1S/C25H19FN2O5S/c1-12-10-17(13(2)33-12)22(29)20-21(14-4-6-15(26)7-5-14)28(24(31)23(20)30)25-27-18-9-8-16(32-3)11-19(18)34-25/h4-11,21,30H,1-3H3.